The minimum atomic E-state index is -0.891. The molecular formula is C17H14O5. The fourth-order valence-electron chi connectivity index (χ4n) is 1.82. The lowest BCUT2D eigenvalue weighted by atomic mass is 10.1. The molecule has 0 aliphatic heterocycles. The monoisotopic (exact) mass is 298 g/mol. The summed E-state index contributed by atoms with van der Waals surface area (Å²) in [6.07, 6.45) is 0. The maximum absolute atomic E-state index is 12.1. The highest BCUT2D eigenvalue weighted by atomic mass is 16.6. The molecule has 0 fully saturated rings. The van der Waals surface area contributed by atoms with Gasteiger partial charge in [0.05, 0.1) is 23.3 Å². The second-order valence-electron chi connectivity index (χ2n) is 4.31. The SMILES string of the molecule is CCOC(=O)c1ccccc1C(=O)OC(=O)c1ccccc1. The third-order valence-corrected chi connectivity index (χ3v) is 2.84. The van der Waals surface area contributed by atoms with Gasteiger partial charge in [-0.2, -0.15) is 0 Å². The minimum absolute atomic E-state index is 0.00905. The van der Waals surface area contributed by atoms with Crippen molar-refractivity contribution in [1.29, 1.82) is 0 Å². The number of carbonyl (C=O) groups is 3. The summed E-state index contributed by atoms with van der Waals surface area (Å²) in [4.78, 5) is 35.8. The van der Waals surface area contributed by atoms with Crippen LogP contribution in [-0.2, 0) is 9.47 Å². The van der Waals surface area contributed by atoms with E-state index in [-0.39, 0.29) is 23.3 Å². The van der Waals surface area contributed by atoms with Crippen molar-refractivity contribution in [3.63, 3.8) is 0 Å². The molecule has 0 heterocycles. The fourth-order valence-corrected chi connectivity index (χ4v) is 1.82. The molecule has 0 N–H and O–H groups in total. The van der Waals surface area contributed by atoms with Crippen LogP contribution in [0.25, 0.3) is 0 Å². The van der Waals surface area contributed by atoms with E-state index >= 15 is 0 Å². The second-order valence-corrected chi connectivity index (χ2v) is 4.31. The van der Waals surface area contributed by atoms with Gasteiger partial charge in [0, 0.05) is 0 Å². The largest absolute Gasteiger partial charge is 0.462 e. The second kappa shape index (κ2) is 7.17. The van der Waals surface area contributed by atoms with Gasteiger partial charge in [-0.25, -0.2) is 14.4 Å². The van der Waals surface area contributed by atoms with E-state index < -0.39 is 17.9 Å². The lowest BCUT2D eigenvalue weighted by Crippen LogP contribution is -2.17. The average Bonchev–Trinajstić information content (AvgIpc) is 2.55. The van der Waals surface area contributed by atoms with E-state index in [1.807, 2.05) is 0 Å². The standard InChI is InChI=1S/C17H14O5/c1-2-21-16(19)13-10-6-7-11-14(13)17(20)22-15(18)12-8-4-3-5-9-12/h3-11H,2H2,1H3. The molecule has 0 aliphatic carbocycles. The van der Waals surface area contributed by atoms with E-state index in [2.05, 4.69) is 0 Å². The number of carbonyl (C=O) groups excluding carboxylic acids is 3. The molecule has 0 aliphatic rings. The first kappa shape index (κ1) is 15.4. The Kier molecular flexibility index (Phi) is 5.03. The molecular weight excluding hydrogens is 284 g/mol. The summed E-state index contributed by atoms with van der Waals surface area (Å²) < 4.78 is 9.68. The van der Waals surface area contributed by atoms with Gasteiger partial charge < -0.3 is 9.47 Å². The van der Waals surface area contributed by atoms with Gasteiger partial charge in [0.15, 0.2) is 0 Å². The first-order valence-electron chi connectivity index (χ1n) is 6.71. The summed E-state index contributed by atoms with van der Waals surface area (Å²) >= 11 is 0. The summed E-state index contributed by atoms with van der Waals surface area (Å²) in [5.41, 5.74) is 0.310. The first-order chi connectivity index (χ1) is 10.6. The van der Waals surface area contributed by atoms with Crippen LogP contribution in [0.5, 0.6) is 0 Å². The van der Waals surface area contributed by atoms with E-state index in [0.29, 0.717) is 0 Å². The zero-order valence-electron chi connectivity index (χ0n) is 11.9. The van der Waals surface area contributed by atoms with E-state index in [1.54, 1.807) is 37.3 Å². The van der Waals surface area contributed by atoms with Crippen LogP contribution >= 0.6 is 0 Å². The molecule has 0 radical (unpaired) electrons. The van der Waals surface area contributed by atoms with Gasteiger partial charge >= 0.3 is 17.9 Å². The maximum atomic E-state index is 12.1. The van der Waals surface area contributed by atoms with Gasteiger partial charge in [0.25, 0.3) is 0 Å². The lowest BCUT2D eigenvalue weighted by Gasteiger charge is -2.08. The first-order valence-corrected chi connectivity index (χ1v) is 6.71. The van der Waals surface area contributed by atoms with Gasteiger partial charge in [-0.15, -0.1) is 0 Å². The van der Waals surface area contributed by atoms with Gasteiger partial charge in [-0.3, -0.25) is 0 Å². The smallest absolute Gasteiger partial charge is 0.346 e. The summed E-state index contributed by atoms with van der Waals surface area (Å²) in [6.45, 7) is 1.85. The number of rotatable bonds is 4. The molecule has 0 aromatic heterocycles. The highest BCUT2D eigenvalue weighted by molar-refractivity contribution is 6.08. The Hall–Kier alpha value is -2.95. The van der Waals surface area contributed by atoms with Crippen LogP contribution in [-0.4, -0.2) is 24.5 Å². The number of benzene rings is 2. The maximum Gasteiger partial charge on any atom is 0.346 e. The van der Waals surface area contributed by atoms with Gasteiger partial charge in [0.1, 0.15) is 0 Å². The molecule has 2 aromatic carbocycles. The van der Waals surface area contributed by atoms with Crippen molar-refractivity contribution >= 4 is 17.9 Å². The molecule has 0 amide bonds. The zero-order valence-corrected chi connectivity index (χ0v) is 11.9. The van der Waals surface area contributed by atoms with Crippen LogP contribution in [0.15, 0.2) is 54.6 Å². The van der Waals surface area contributed by atoms with E-state index in [0.717, 1.165) is 0 Å². The molecule has 22 heavy (non-hydrogen) atoms. The van der Waals surface area contributed by atoms with E-state index in [1.165, 1.54) is 24.3 Å². The molecule has 0 saturated heterocycles. The number of hydrogen-bond donors (Lipinski definition) is 0. The summed E-state index contributed by atoms with van der Waals surface area (Å²) in [5.74, 6) is -2.30. The summed E-state index contributed by atoms with van der Waals surface area (Å²) in [6, 6.07) is 14.2. The number of ether oxygens (including phenoxy) is 2. The Labute approximate surface area is 127 Å². The number of esters is 3. The van der Waals surface area contributed by atoms with Crippen molar-refractivity contribution < 1.29 is 23.9 Å². The molecule has 5 heteroatoms. The van der Waals surface area contributed by atoms with Gasteiger partial charge in [0.2, 0.25) is 0 Å². The van der Waals surface area contributed by atoms with Crippen LogP contribution in [0.4, 0.5) is 0 Å². The Morgan fingerprint density at radius 3 is 1.91 bits per heavy atom. The highest BCUT2D eigenvalue weighted by Crippen LogP contribution is 2.13. The molecule has 5 nitrogen and oxygen atoms in total. The van der Waals surface area contributed by atoms with Crippen LogP contribution in [0, 0.1) is 0 Å². The topological polar surface area (TPSA) is 69.7 Å². The van der Waals surface area contributed by atoms with Crippen LogP contribution in [0.2, 0.25) is 0 Å². The lowest BCUT2D eigenvalue weighted by molar-refractivity contribution is 0.0385. The Morgan fingerprint density at radius 2 is 1.32 bits per heavy atom. The Morgan fingerprint density at radius 1 is 0.773 bits per heavy atom. The number of hydrogen-bond acceptors (Lipinski definition) is 5. The van der Waals surface area contributed by atoms with Crippen molar-refractivity contribution in [3.8, 4) is 0 Å². The third kappa shape index (κ3) is 3.58. The Balaban J connectivity index is 2.20. The summed E-state index contributed by atoms with van der Waals surface area (Å²) in [7, 11) is 0. The zero-order chi connectivity index (χ0) is 15.9. The molecule has 0 saturated carbocycles. The van der Waals surface area contributed by atoms with Gasteiger partial charge in [-0.05, 0) is 31.2 Å². The quantitative estimate of drug-likeness (QED) is 0.641. The van der Waals surface area contributed by atoms with Crippen molar-refractivity contribution in [2.75, 3.05) is 6.61 Å². The molecule has 0 unspecified atom stereocenters. The molecule has 112 valence electrons. The van der Waals surface area contributed by atoms with Crippen molar-refractivity contribution in [2.45, 2.75) is 6.92 Å². The third-order valence-electron chi connectivity index (χ3n) is 2.84. The van der Waals surface area contributed by atoms with Crippen LogP contribution < -0.4 is 0 Å². The predicted octanol–water partition coefficient (Wildman–Crippen LogP) is 2.86. The highest BCUT2D eigenvalue weighted by Gasteiger charge is 2.21. The van der Waals surface area contributed by atoms with Crippen molar-refractivity contribution in [2.24, 2.45) is 0 Å². The minimum Gasteiger partial charge on any atom is -0.462 e. The molecule has 2 aromatic rings. The fraction of sp³-hybridized carbons (Fsp3) is 0.118. The van der Waals surface area contributed by atoms with Crippen molar-refractivity contribution in [1.82, 2.24) is 0 Å². The molecule has 2 rings (SSSR count). The van der Waals surface area contributed by atoms with Crippen LogP contribution in [0.3, 0.4) is 0 Å². The average molecular weight is 298 g/mol. The van der Waals surface area contributed by atoms with E-state index in [9.17, 15) is 14.4 Å². The molecule has 0 atom stereocenters. The predicted molar refractivity (Wildman–Crippen MR) is 78.6 cm³/mol. The molecule has 0 spiro atoms. The molecule has 0 bridgehead atoms. The normalized spacial score (nSPS) is 9.86. The summed E-state index contributed by atoms with van der Waals surface area (Å²) in [5, 5.41) is 0. The Bertz CT molecular complexity index is 691. The van der Waals surface area contributed by atoms with E-state index in [4.69, 9.17) is 9.47 Å². The van der Waals surface area contributed by atoms with Crippen molar-refractivity contribution in [3.05, 3.63) is 71.3 Å². The van der Waals surface area contributed by atoms with Crippen LogP contribution in [0.1, 0.15) is 38.0 Å². The van der Waals surface area contributed by atoms with Gasteiger partial charge in [-0.1, -0.05) is 30.3 Å².